The molecule has 2 unspecified atom stereocenters. The molecule has 1 amide bonds. The van der Waals surface area contributed by atoms with Crippen LogP contribution in [0.1, 0.15) is 12.8 Å². The van der Waals surface area contributed by atoms with Gasteiger partial charge in [-0.15, -0.1) is 0 Å². The lowest BCUT2D eigenvalue weighted by Gasteiger charge is -2.16. The number of hydrogen-bond acceptors (Lipinski definition) is 6. The van der Waals surface area contributed by atoms with Gasteiger partial charge in [0.15, 0.2) is 0 Å². The first kappa shape index (κ1) is 17.3. The molecule has 0 rings (SSSR count). The average Bonchev–Trinajstić information content (AvgIpc) is 2.20. The molecule has 5 N–H and O–H groups in total. The first-order valence-electron chi connectivity index (χ1n) is 5.21. The second kappa shape index (κ2) is 7.04. The molecule has 10 heteroatoms. The minimum atomic E-state index is -3.37. The van der Waals surface area contributed by atoms with Gasteiger partial charge in [-0.3, -0.25) is 9.59 Å². The molecule has 110 valence electrons. The van der Waals surface area contributed by atoms with E-state index in [0.29, 0.717) is 0 Å². The highest BCUT2D eigenvalue weighted by molar-refractivity contribution is 7.90. The van der Waals surface area contributed by atoms with E-state index in [0.717, 1.165) is 6.26 Å². The number of rotatable bonds is 8. The van der Waals surface area contributed by atoms with E-state index in [-0.39, 0.29) is 6.42 Å². The maximum Gasteiger partial charge on any atom is 0.326 e. The zero-order valence-electron chi connectivity index (χ0n) is 10.2. The number of nitrogens with one attached hydrogen (secondary N) is 1. The van der Waals surface area contributed by atoms with E-state index in [2.05, 4.69) is 0 Å². The van der Waals surface area contributed by atoms with Crippen molar-refractivity contribution >= 4 is 27.7 Å². The topological polar surface area (TPSA) is 164 Å². The summed E-state index contributed by atoms with van der Waals surface area (Å²) in [5, 5.41) is 19.2. The Morgan fingerprint density at radius 2 is 1.79 bits per heavy atom. The molecule has 2 atom stereocenters. The quantitative estimate of drug-likeness (QED) is 0.391. The number of carbonyl (C=O) groups excluding carboxylic acids is 1. The second-order valence-corrected chi connectivity index (χ2v) is 6.28. The van der Waals surface area contributed by atoms with Crippen molar-refractivity contribution < 1.29 is 33.0 Å². The Bertz CT molecular complexity index is 459. The molecule has 0 aliphatic rings. The lowest BCUT2D eigenvalue weighted by Crippen LogP contribution is -2.49. The van der Waals surface area contributed by atoms with Crippen molar-refractivity contribution in [2.75, 3.05) is 12.0 Å². The lowest BCUT2D eigenvalue weighted by molar-refractivity contribution is -0.142. The number of sulfone groups is 1. The number of carbonyl (C=O) groups is 3. The third kappa shape index (κ3) is 8.11. The maximum atomic E-state index is 11.4. The molecular formula is C9H16N2O7S. The molecule has 0 aromatic carbocycles. The molecule has 0 spiro atoms. The summed E-state index contributed by atoms with van der Waals surface area (Å²) in [6.07, 6.45) is -0.0339. The Kier molecular flexibility index (Phi) is 6.42. The van der Waals surface area contributed by atoms with Crippen LogP contribution < -0.4 is 11.1 Å². The third-order valence-corrected chi connectivity index (χ3v) is 3.10. The van der Waals surface area contributed by atoms with E-state index in [1.54, 1.807) is 0 Å². The van der Waals surface area contributed by atoms with Gasteiger partial charge in [-0.05, 0) is 6.42 Å². The Labute approximate surface area is 109 Å². The van der Waals surface area contributed by atoms with Crippen LogP contribution in [-0.2, 0) is 24.2 Å². The van der Waals surface area contributed by atoms with Gasteiger partial charge < -0.3 is 21.3 Å². The molecule has 0 aromatic heterocycles. The van der Waals surface area contributed by atoms with Crippen molar-refractivity contribution in [1.82, 2.24) is 5.32 Å². The Balaban J connectivity index is 4.54. The maximum absolute atomic E-state index is 11.4. The molecule has 0 heterocycles. The van der Waals surface area contributed by atoms with Crippen molar-refractivity contribution in [3.8, 4) is 0 Å². The highest BCUT2D eigenvalue weighted by atomic mass is 32.2. The van der Waals surface area contributed by atoms with Gasteiger partial charge in [-0.2, -0.15) is 0 Å². The molecule has 0 fully saturated rings. The van der Waals surface area contributed by atoms with Gasteiger partial charge in [-0.25, -0.2) is 13.2 Å². The molecule has 0 saturated carbocycles. The van der Waals surface area contributed by atoms with Crippen LogP contribution in [0.3, 0.4) is 0 Å². The highest BCUT2D eigenvalue weighted by Crippen LogP contribution is 1.99. The number of amides is 1. The van der Waals surface area contributed by atoms with E-state index in [1.807, 2.05) is 5.32 Å². The molecule has 9 nitrogen and oxygen atoms in total. The summed E-state index contributed by atoms with van der Waals surface area (Å²) in [6, 6.07) is -2.82. The van der Waals surface area contributed by atoms with E-state index >= 15 is 0 Å². The van der Waals surface area contributed by atoms with E-state index in [4.69, 9.17) is 15.9 Å². The number of hydrogen-bond donors (Lipinski definition) is 4. The number of carboxylic acid groups (broad SMARTS) is 2. The van der Waals surface area contributed by atoms with E-state index in [1.165, 1.54) is 0 Å². The minimum absolute atomic E-state index is 0.320. The van der Waals surface area contributed by atoms with Crippen LogP contribution in [0.5, 0.6) is 0 Å². The van der Waals surface area contributed by atoms with E-state index in [9.17, 15) is 22.8 Å². The normalized spacial score (nSPS) is 14.4. The third-order valence-electron chi connectivity index (χ3n) is 2.12. The van der Waals surface area contributed by atoms with Gasteiger partial charge in [0.1, 0.15) is 15.9 Å². The molecule has 0 aliphatic heterocycles. The van der Waals surface area contributed by atoms with Gasteiger partial charge in [0.25, 0.3) is 0 Å². The smallest absolute Gasteiger partial charge is 0.326 e. The van der Waals surface area contributed by atoms with Gasteiger partial charge >= 0.3 is 11.9 Å². The molecule has 0 radical (unpaired) electrons. The Morgan fingerprint density at radius 3 is 2.16 bits per heavy atom. The molecule has 0 saturated heterocycles. The van der Waals surface area contributed by atoms with Gasteiger partial charge in [0.05, 0.1) is 18.2 Å². The van der Waals surface area contributed by atoms with Gasteiger partial charge in [0, 0.05) is 6.26 Å². The van der Waals surface area contributed by atoms with Crippen LogP contribution in [0.2, 0.25) is 0 Å². The zero-order chi connectivity index (χ0) is 15.2. The molecule has 0 bridgehead atoms. The van der Waals surface area contributed by atoms with E-state index < -0.39 is 51.9 Å². The molecule has 0 aliphatic carbocycles. The fraction of sp³-hybridized carbons (Fsp3) is 0.667. The molecule has 0 aromatic rings. The summed E-state index contributed by atoms with van der Waals surface area (Å²) in [5.74, 6) is -4.09. The van der Waals surface area contributed by atoms with Crippen molar-refractivity contribution in [2.24, 2.45) is 5.73 Å². The Morgan fingerprint density at radius 1 is 1.26 bits per heavy atom. The van der Waals surface area contributed by atoms with Crippen molar-refractivity contribution in [3.05, 3.63) is 0 Å². The predicted octanol–water partition coefficient (Wildman–Crippen LogP) is -2.21. The monoisotopic (exact) mass is 296 g/mol. The summed E-state index contributed by atoms with van der Waals surface area (Å²) >= 11 is 0. The zero-order valence-corrected chi connectivity index (χ0v) is 11.0. The van der Waals surface area contributed by atoms with Crippen molar-refractivity contribution in [3.63, 3.8) is 0 Å². The minimum Gasteiger partial charge on any atom is -0.481 e. The number of nitrogens with two attached hydrogens (primary N) is 1. The van der Waals surface area contributed by atoms with Crippen LogP contribution in [0.15, 0.2) is 0 Å². The molecule has 19 heavy (non-hydrogen) atoms. The summed E-state index contributed by atoms with van der Waals surface area (Å²) in [6.45, 7) is 0. The Hall–Kier alpha value is -1.68. The van der Waals surface area contributed by atoms with Crippen LogP contribution in [0, 0.1) is 0 Å². The lowest BCUT2D eigenvalue weighted by atomic mass is 10.1. The predicted molar refractivity (Wildman–Crippen MR) is 64.1 cm³/mol. The first-order chi connectivity index (χ1) is 8.53. The standard InChI is InChI=1S/C9H16N2O7S/c1-19(17,18)3-2-6(9(15)16)11-8(14)5(10)4-7(12)13/h5-6H,2-4,10H2,1H3,(H,11,14)(H,12,13)(H,15,16). The summed E-state index contributed by atoms with van der Waals surface area (Å²) in [7, 11) is -3.37. The van der Waals surface area contributed by atoms with Crippen LogP contribution >= 0.6 is 0 Å². The molecular weight excluding hydrogens is 280 g/mol. The van der Waals surface area contributed by atoms with Crippen molar-refractivity contribution in [2.45, 2.75) is 24.9 Å². The average molecular weight is 296 g/mol. The first-order valence-corrected chi connectivity index (χ1v) is 7.27. The van der Waals surface area contributed by atoms with Gasteiger partial charge in [-0.1, -0.05) is 0 Å². The largest absolute Gasteiger partial charge is 0.481 e. The number of aliphatic carboxylic acids is 2. The van der Waals surface area contributed by atoms with Crippen molar-refractivity contribution in [1.29, 1.82) is 0 Å². The second-order valence-electron chi connectivity index (χ2n) is 4.02. The van der Waals surface area contributed by atoms with Crippen LogP contribution in [0.4, 0.5) is 0 Å². The summed E-state index contributed by atoms with van der Waals surface area (Å²) in [5.41, 5.74) is 5.24. The fourth-order valence-corrected chi connectivity index (χ4v) is 1.81. The highest BCUT2D eigenvalue weighted by Gasteiger charge is 2.25. The van der Waals surface area contributed by atoms with Gasteiger partial charge in [0.2, 0.25) is 5.91 Å². The number of carboxylic acids is 2. The summed E-state index contributed by atoms with van der Waals surface area (Å²) < 4.78 is 21.8. The SMILES string of the molecule is CS(=O)(=O)CCC(NC(=O)C(N)CC(=O)O)C(=O)O. The van der Waals surface area contributed by atoms with Crippen LogP contribution in [0.25, 0.3) is 0 Å². The van der Waals surface area contributed by atoms with Crippen LogP contribution in [-0.4, -0.2) is 60.6 Å². The fourth-order valence-electron chi connectivity index (χ4n) is 1.15. The summed E-state index contributed by atoms with van der Waals surface area (Å²) in [4.78, 5) is 32.6.